The number of carbonyl (C=O) groups excluding carboxylic acids is 1. The molecule has 2 aromatic carbocycles. The van der Waals surface area contributed by atoms with Crippen molar-refractivity contribution in [2.24, 2.45) is 0 Å². The van der Waals surface area contributed by atoms with Gasteiger partial charge in [-0.1, -0.05) is 55.8 Å². The van der Waals surface area contributed by atoms with Gasteiger partial charge in [-0.15, -0.1) is 0 Å². The molecule has 2 rings (SSSR count). The minimum atomic E-state index is -1.09. The first-order valence-electron chi connectivity index (χ1n) is 6.59. The minimum absolute atomic E-state index is 0.0372. The average Bonchev–Trinajstić information content (AvgIpc) is 2.47. The van der Waals surface area contributed by atoms with E-state index in [1.54, 1.807) is 30.3 Å². The Labute approximate surface area is 117 Å². The Kier molecular flexibility index (Phi) is 4.31. The predicted molar refractivity (Wildman–Crippen MR) is 77.3 cm³/mol. The quantitative estimate of drug-likeness (QED) is 0.843. The number of aromatic carboxylic acids is 1. The van der Waals surface area contributed by atoms with Gasteiger partial charge in [0.15, 0.2) is 5.78 Å². The number of aryl methyl sites for hydroxylation is 1. The largest absolute Gasteiger partial charge is 0.478 e. The lowest BCUT2D eigenvalue weighted by atomic mass is 9.97. The van der Waals surface area contributed by atoms with E-state index in [2.05, 4.69) is 6.92 Å². The Balaban J connectivity index is 2.34. The molecule has 0 amide bonds. The Morgan fingerprint density at radius 3 is 2.10 bits per heavy atom. The standard InChI is InChI=1S/C17H16O3/c1-2-5-12-8-10-13(11-9-12)16(18)14-6-3-4-7-15(14)17(19)20/h3-4,6-11H,2,5H2,1H3,(H,19,20). The van der Waals surface area contributed by atoms with E-state index in [4.69, 9.17) is 5.11 Å². The van der Waals surface area contributed by atoms with Crippen molar-refractivity contribution < 1.29 is 14.7 Å². The fourth-order valence-corrected chi connectivity index (χ4v) is 2.13. The van der Waals surface area contributed by atoms with Crippen LogP contribution in [0.15, 0.2) is 48.5 Å². The van der Waals surface area contributed by atoms with E-state index in [0.717, 1.165) is 12.8 Å². The summed E-state index contributed by atoms with van der Waals surface area (Å²) in [6.07, 6.45) is 2.02. The number of carboxylic acid groups (broad SMARTS) is 1. The first-order valence-corrected chi connectivity index (χ1v) is 6.59. The van der Waals surface area contributed by atoms with Gasteiger partial charge in [-0.3, -0.25) is 4.79 Å². The smallest absolute Gasteiger partial charge is 0.336 e. The van der Waals surface area contributed by atoms with Crippen molar-refractivity contribution in [3.63, 3.8) is 0 Å². The molecule has 0 saturated heterocycles. The Hall–Kier alpha value is -2.42. The van der Waals surface area contributed by atoms with Crippen LogP contribution in [0.25, 0.3) is 0 Å². The summed E-state index contributed by atoms with van der Waals surface area (Å²) in [7, 11) is 0. The van der Waals surface area contributed by atoms with Gasteiger partial charge in [0.25, 0.3) is 0 Å². The summed E-state index contributed by atoms with van der Waals surface area (Å²) in [6, 6.07) is 13.6. The molecule has 3 heteroatoms. The van der Waals surface area contributed by atoms with Gasteiger partial charge in [-0.05, 0) is 18.1 Å². The molecular formula is C17H16O3. The van der Waals surface area contributed by atoms with Crippen LogP contribution in [0, 0.1) is 0 Å². The zero-order chi connectivity index (χ0) is 14.5. The van der Waals surface area contributed by atoms with E-state index < -0.39 is 5.97 Å². The summed E-state index contributed by atoms with van der Waals surface area (Å²) in [4.78, 5) is 23.5. The molecule has 0 radical (unpaired) electrons. The van der Waals surface area contributed by atoms with Crippen LogP contribution in [0.1, 0.15) is 45.2 Å². The van der Waals surface area contributed by atoms with E-state index in [1.807, 2.05) is 12.1 Å². The second kappa shape index (κ2) is 6.15. The molecule has 0 aliphatic carbocycles. The van der Waals surface area contributed by atoms with Crippen LogP contribution >= 0.6 is 0 Å². The third-order valence-corrected chi connectivity index (χ3v) is 3.16. The maximum atomic E-state index is 12.4. The van der Waals surface area contributed by atoms with Gasteiger partial charge in [0.05, 0.1) is 5.56 Å². The van der Waals surface area contributed by atoms with Crippen molar-refractivity contribution in [3.8, 4) is 0 Å². The van der Waals surface area contributed by atoms with Gasteiger partial charge < -0.3 is 5.11 Å². The molecule has 0 saturated carbocycles. The molecular weight excluding hydrogens is 252 g/mol. The lowest BCUT2D eigenvalue weighted by Gasteiger charge is -2.06. The molecule has 0 aliphatic rings. The van der Waals surface area contributed by atoms with Crippen LogP contribution in [0.4, 0.5) is 0 Å². The molecule has 0 fully saturated rings. The molecule has 0 unspecified atom stereocenters. The van der Waals surface area contributed by atoms with Crippen LogP contribution in [0.3, 0.4) is 0 Å². The van der Waals surface area contributed by atoms with E-state index >= 15 is 0 Å². The Bertz CT molecular complexity index is 627. The Morgan fingerprint density at radius 1 is 0.950 bits per heavy atom. The highest BCUT2D eigenvalue weighted by atomic mass is 16.4. The fourth-order valence-electron chi connectivity index (χ4n) is 2.13. The van der Waals surface area contributed by atoms with E-state index in [1.165, 1.54) is 11.6 Å². The lowest BCUT2D eigenvalue weighted by molar-refractivity contribution is 0.0693. The first-order chi connectivity index (χ1) is 9.63. The fraction of sp³-hybridized carbons (Fsp3) is 0.176. The topological polar surface area (TPSA) is 54.4 Å². The third kappa shape index (κ3) is 2.94. The van der Waals surface area contributed by atoms with Crippen LogP contribution in [-0.4, -0.2) is 16.9 Å². The van der Waals surface area contributed by atoms with Crippen LogP contribution in [0.5, 0.6) is 0 Å². The summed E-state index contributed by atoms with van der Waals surface area (Å²) in [5, 5.41) is 9.12. The van der Waals surface area contributed by atoms with Gasteiger partial charge in [0, 0.05) is 11.1 Å². The molecule has 3 nitrogen and oxygen atoms in total. The molecule has 102 valence electrons. The molecule has 20 heavy (non-hydrogen) atoms. The average molecular weight is 268 g/mol. The third-order valence-electron chi connectivity index (χ3n) is 3.16. The summed E-state index contributed by atoms with van der Waals surface area (Å²) < 4.78 is 0. The van der Waals surface area contributed by atoms with Crippen molar-refractivity contribution in [2.75, 3.05) is 0 Å². The van der Waals surface area contributed by atoms with Gasteiger partial charge in [-0.2, -0.15) is 0 Å². The van der Waals surface area contributed by atoms with Crippen molar-refractivity contribution in [2.45, 2.75) is 19.8 Å². The number of ketones is 1. The van der Waals surface area contributed by atoms with E-state index in [-0.39, 0.29) is 16.9 Å². The molecule has 0 spiro atoms. The zero-order valence-electron chi connectivity index (χ0n) is 11.3. The normalized spacial score (nSPS) is 10.2. The number of benzene rings is 2. The van der Waals surface area contributed by atoms with E-state index in [9.17, 15) is 9.59 Å². The Morgan fingerprint density at radius 2 is 1.55 bits per heavy atom. The zero-order valence-corrected chi connectivity index (χ0v) is 11.3. The van der Waals surface area contributed by atoms with Gasteiger partial charge >= 0.3 is 5.97 Å². The SMILES string of the molecule is CCCc1ccc(C(=O)c2ccccc2C(=O)O)cc1. The van der Waals surface area contributed by atoms with Gasteiger partial charge in [-0.25, -0.2) is 4.79 Å². The summed E-state index contributed by atoms with van der Waals surface area (Å²) in [5.41, 5.74) is 1.95. The van der Waals surface area contributed by atoms with E-state index in [0.29, 0.717) is 5.56 Å². The van der Waals surface area contributed by atoms with Gasteiger partial charge in [0.1, 0.15) is 0 Å². The van der Waals surface area contributed by atoms with Crippen LogP contribution in [0.2, 0.25) is 0 Å². The first kappa shape index (κ1) is 14.0. The monoisotopic (exact) mass is 268 g/mol. The van der Waals surface area contributed by atoms with Crippen molar-refractivity contribution in [1.29, 1.82) is 0 Å². The number of rotatable bonds is 5. The van der Waals surface area contributed by atoms with Gasteiger partial charge in [0.2, 0.25) is 0 Å². The summed E-state index contributed by atoms with van der Waals surface area (Å²) in [5.74, 6) is -1.34. The molecule has 0 atom stereocenters. The molecule has 2 aromatic rings. The number of carboxylic acids is 1. The maximum absolute atomic E-state index is 12.4. The summed E-state index contributed by atoms with van der Waals surface area (Å²) in [6.45, 7) is 2.10. The highest BCUT2D eigenvalue weighted by molar-refractivity contribution is 6.14. The highest BCUT2D eigenvalue weighted by Crippen LogP contribution is 2.16. The minimum Gasteiger partial charge on any atom is -0.478 e. The number of hydrogen-bond acceptors (Lipinski definition) is 2. The second-order valence-electron chi connectivity index (χ2n) is 4.63. The highest BCUT2D eigenvalue weighted by Gasteiger charge is 2.17. The lowest BCUT2D eigenvalue weighted by Crippen LogP contribution is -2.09. The molecule has 0 heterocycles. The van der Waals surface area contributed by atoms with Crippen LogP contribution in [-0.2, 0) is 6.42 Å². The van der Waals surface area contributed by atoms with Crippen LogP contribution < -0.4 is 0 Å². The molecule has 0 aliphatic heterocycles. The molecule has 0 bridgehead atoms. The number of carbonyl (C=O) groups is 2. The maximum Gasteiger partial charge on any atom is 0.336 e. The molecule has 1 N–H and O–H groups in total. The second-order valence-corrected chi connectivity index (χ2v) is 4.63. The van der Waals surface area contributed by atoms with Crippen molar-refractivity contribution in [1.82, 2.24) is 0 Å². The van der Waals surface area contributed by atoms with Crippen molar-refractivity contribution in [3.05, 3.63) is 70.8 Å². The van der Waals surface area contributed by atoms with Crippen molar-refractivity contribution >= 4 is 11.8 Å². The summed E-state index contributed by atoms with van der Waals surface area (Å²) >= 11 is 0. The number of hydrogen-bond donors (Lipinski definition) is 1. The predicted octanol–water partition coefficient (Wildman–Crippen LogP) is 3.57. The molecule has 0 aromatic heterocycles.